The lowest BCUT2D eigenvalue weighted by Crippen LogP contribution is -2.39. The molecular formula is C12H19N3S. The molecule has 3 nitrogen and oxygen atoms in total. The van der Waals surface area contributed by atoms with Gasteiger partial charge in [0, 0.05) is 18.5 Å². The van der Waals surface area contributed by atoms with Gasteiger partial charge in [-0.1, -0.05) is 31.0 Å². The van der Waals surface area contributed by atoms with E-state index in [-0.39, 0.29) is 5.54 Å². The van der Waals surface area contributed by atoms with Gasteiger partial charge in [-0.05, 0) is 19.3 Å². The maximum atomic E-state index is 6.51. The average molecular weight is 237 g/mol. The van der Waals surface area contributed by atoms with Crippen LogP contribution >= 0.6 is 11.8 Å². The van der Waals surface area contributed by atoms with E-state index in [1.165, 1.54) is 36.6 Å². The van der Waals surface area contributed by atoms with Crippen LogP contribution in [-0.4, -0.2) is 15.3 Å². The molecule has 1 saturated carbocycles. The molecule has 0 aromatic carbocycles. The first-order valence-corrected chi connectivity index (χ1v) is 7.26. The smallest absolute Gasteiger partial charge is 0.168 e. The number of thioether (sulfide) groups is 1. The summed E-state index contributed by atoms with van der Waals surface area (Å²) in [5.41, 5.74) is 7.51. The summed E-state index contributed by atoms with van der Waals surface area (Å²) >= 11 is 1.87. The molecule has 2 N–H and O–H groups in total. The summed E-state index contributed by atoms with van der Waals surface area (Å²) < 4.78 is 2.28. The third-order valence-corrected chi connectivity index (χ3v) is 4.85. The lowest BCUT2D eigenvalue weighted by Gasteiger charge is -2.31. The summed E-state index contributed by atoms with van der Waals surface area (Å²) in [6, 6.07) is 0. The summed E-state index contributed by atoms with van der Waals surface area (Å²) in [4.78, 5) is 4.75. The second-order valence-corrected chi connectivity index (χ2v) is 6.08. The van der Waals surface area contributed by atoms with Gasteiger partial charge < -0.3 is 10.3 Å². The third-order valence-electron chi connectivity index (χ3n) is 3.77. The molecule has 0 unspecified atom stereocenters. The summed E-state index contributed by atoms with van der Waals surface area (Å²) in [5, 5.41) is 1.18. The first-order valence-electron chi connectivity index (χ1n) is 6.27. The van der Waals surface area contributed by atoms with Gasteiger partial charge in [0.25, 0.3) is 0 Å². The van der Waals surface area contributed by atoms with Crippen molar-refractivity contribution >= 4 is 11.8 Å². The number of hydrogen-bond donors (Lipinski definition) is 1. The quantitative estimate of drug-likeness (QED) is 0.816. The minimum absolute atomic E-state index is 0.136. The molecule has 3 rings (SSSR count). The first kappa shape index (κ1) is 10.7. The highest BCUT2D eigenvalue weighted by atomic mass is 32.2. The number of nitrogens with two attached hydrogens (primary N) is 1. The van der Waals surface area contributed by atoms with E-state index in [1.54, 1.807) is 0 Å². The molecule has 1 aromatic heterocycles. The third kappa shape index (κ3) is 1.78. The Balaban J connectivity index is 1.90. The van der Waals surface area contributed by atoms with Gasteiger partial charge in [-0.15, -0.1) is 0 Å². The summed E-state index contributed by atoms with van der Waals surface area (Å²) in [5.74, 6) is 1.20. The highest BCUT2D eigenvalue weighted by Crippen LogP contribution is 2.36. The topological polar surface area (TPSA) is 43.8 Å². The van der Waals surface area contributed by atoms with E-state index in [0.717, 1.165) is 25.1 Å². The molecule has 88 valence electrons. The van der Waals surface area contributed by atoms with Crippen LogP contribution in [0.25, 0.3) is 0 Å². The molecule has 2 heterocycles. The van der Waals surface area contributed by atoms with E-state index in [2.05, 4.69) is 10.8 Å². The second kappa shape index (κ2) is 4.08. The second-order valence-electron chi connectivity index (χ2n) is 5.02. The lowest BCUT2D eigenvalue weighted by atomic mass is 9.80. The number of nitrogens with zero attached hydrogens (tertiary/aromatic N) is 2. The van der Waals surface area contributed by atoms with E-state index < -0.39 is 0 Å². The number of hydrogen-bond acceptors (Lipinski definition) is 3. The average Bonchev–Trinajstić information content (AvgIpc) is 2.74. The summed E-state index contributed by atoms with van der Waals surface area (Å²) in [6.45, 7) is 1.12. The van der Waals surface area contributed by atoms with E-state index in [4.69, 9.17) is 10.7 Å². The largest absolute Gasteiger partial charge is 0.326 e. The van der Waals surface area contributed by atoms with E-state index in [1.807, 2.05) is 11.8 Å². The zero-order valence-corrected chi connectivity index (χ0v) is 10.4. The van der Waals surface area contributed by atoms with Gasteiger partial charge in [0.2, 0.25) is 0 Å². The molecule has 0 atom stereocenters. The maximum absolute atomic E-state index is 6.51. The van der Waals surface area contributed by atoms with Gasteiger partial charge in [0.1, 0.15) is 0 Å². The Hall–Kier alpha value is -0.480. The molecule has 0 saturated heterocycles. The van der Waals surface area contributed by atoms with Crippen molar-refractivity contribution in [3.63, 3.8) is 0 Å². The standard InChI is InChI=1S/C12H19N3S/c13-12(5-2-1-3-6-12)10-9-15-7-4-8-16-11(15)14-10/h9H,1-8,13H2. The molecule has 16 heavy (non-hydrogen) atoms. The molecule has 1 aliphatic carbocycles. The fourth-order valence-electron chi connectivity index (χ4n) is 2.75. The summed E-state index contributed by atoms with van der Waals surface area (Å²) in [7, 11) is 0. The SMILES string of the molecule is NC1(c2cn3c(n2)SCCC3)CCCCC1. The number of fused-ring (bicyclic) bond motifs is 1. The minimum atomic E-state index is -0.136. The zero-order valence-electron chi connectivity index (χ0n) is 9.61. The summed E-state index contributed by atoms with van der Waals surface area (Å²) in [6.07, 6.45) is 9.51. The van der Waals surface area contributed by atoms with Crippen LogP contribution in [0.15, 0.2) is 11.4 Å². The van der Waals surface area contributed by atoms with Crippen molar-refractivity contribution in [2.24, 2.45) is 5.73 Å². The highest BCUT2D eigenvalue weighted by Gasteiger charge is 2.32. The molecule has 1 aromatic rings. The Morgan fingerprint density at radius 1 is 1.25 bits per heavy atom. The molecule has 2 aliphatic rings. The molecule has 0 bridgehead atoms. The fourth-order valence-corrected chi connectivity index (χ4v) is 3.68. The highest BCUT2D eigenvalue weighted by molar-refractivity contribution is 7.99. The monoisotopic (exact) mass is 237 g/mol. The maximum Gasteiger partial charge on any atom is 0.168 e. The molecule has 0 spiro atoms. The fraction of sp³-hybridized carbons (Fsp3) is 0.750. The van der Waals surface area contributed by atoms with Crippen molar-refractivity contribution in [3.8, 4) is 0 Å². The van der Waals surface area contributed by atoms with Gasteiger partial charge in [-0.3, -0.25) is 0 Å². The molecular weight excluding hydrogens is 218 g/mol. The predicted octanol–water partition coefficient (Wildman–Crippen LogP) is 2.50. The Bertz CT molecular complexity index is 356. The van der Waals surface area contributed by atoms with Gasteiger partial charge >= 0.3 is 0 Å². The van der Waals surface area contributed by atoms with Gasteiger partial charge in [-0.2, -0.15) is 0 Å². The lowest BCUT2D eigenvalue weighted by molar-refractivity contribution is 0.295. The first-order chi connectivity index (χ1) is 7.78. The Morgan fingerprint density at radius 2 is 2.06 bits per heavy atom. The van der Waals surface area contributed by atoms with Crippen molar-refractivity contribution in [3.05, 3.63) is 11.9 Å². The van der Waals surface area contributed by atoms with Crippen LogP contribution in [-0.2, 0) is 12.1 Å². The number of imidazole rings is 1. The molecule has 0 amide bonds. The van der Waals surface area contributed by atoms with Gasteiger partial charge in [-0.25, -0.2) is 4.98 Å². The zero-order chi connectivity index (χ0) is 11.0. The Morgan fingerprint density at radius 3 is 2.81 bits per heavy atom. The Labute approximate surface area is 101 Å². The normalized spacial score (nSPS) is 24.1. The molecule has 1 fully saturated rings. The molecule has 0 radical (unpaired) electrons. The van der Waals surface area contributed by atoms with Crippen LogP contribution in [0.3, 0.4) is 0 Å². The van der Waals surface area contributed by atoms with Crippen LogP contribution < -0.4 is 5.73 Å². The van der Waals surface area contributed by atoms with Crippen LogP contribution in [0.1, 0.15) is 44.2 Å². The van der Waals surface area contributed by atoms with Crippen molar-refractivity contribution in [2.45, 2.75) is 55.8 Å². The van der Waals surface area contributed by atoms with Crippen molar-refractivity contribution in [2.75, 3.05) is 5.75 Å². The minimum Gasteiger partial charge on any atom is -0.326 e. The van der Waals surface area contributed by atoms with E-state index >= 15 is 0 Å². The van der Waals surface area contributed by atoms with Crippen LogP contribution in [0.2, 0.25) is 0 Å². The van der Waals surface area contributed by atoms with E-state index in [9.17, 15) is 0 Å². The van der Waals surface area contributed by atoms with E-state index in [0.29, 0.717) is 0 Å². The van der Waals surface area contributed by atoms with Crippen molar-refractivity contribution < 1.29 is 0 Å². The van der Waals surface area contributed by atoms with Gasteiger partial charge in [0.05, 0.1) is 11.2 Å². The number of rotatable bonds is 1. The molecule has 1 aliphatic heterocycles. The van der Waals surface area contributed by atoms with Crippen molar-refractivity contribution in [1.82, 2.24) is 9.55 Å². The number of aromatic nitrogens is 2. The predicted molar refractivity (Wildman–Crippen MR) is 66.5 cm³/mol. The van der Waals surface area contributed by atoms with Crippen LogP contribution in [0.4, 0.5) is 0 Å². The van der Waals surface area contributed by atoms with Crippen molar-refractivity contribution in [1.29, 1.82) is 0 Å². The van der Waals surface area contributed by atoms with Crippen LogP contribution in [0, 0.1) is 0 Å². The molecule has 4 heteroatoms. The number of aryl methyl sites for hydroxylation is 1. The van der Waals surface area contributed by atoms with Gasteiger partial charge in [0.15, 0.2) is 5.16 Å². The van der Waals surface area contributed by atoms with Crippen LogP contribution in [0.5, 0.6) is 0 Å². The Kier molecular flexibility index (Phi) is 2.72.